The Balaban J connectivity index is 2.43. The van der Waals surface area contributed by atoms with Crippen molar-refractivity contribution in [3.63, 3.8) is 0 Å². The molecule has 0 spiro atoms. The van der Waals surface area contributed by atoms with Gasteiger partial charge in [-0.05, 0) is 36.5 Å². The Morgan fingerprint density at radius 1 is 1.19 bits per heavy atom. The Bertz CT molecular complexity index is 716. The van der Waals surface area contributed by atoms with E-state index in [1.807, 2.05) is 0 Å². The minimum absolute atomic E-state index is 0.0689. The number of nitrogens with one attached hydrogen (secondary N) is 1. The number of amides is 1. The molecule has 0 saturated carbocycles. The summed E-state index contributed by atoms with van der Waals surface area (Å²) in [5, 5.41) is 11.5. The van der Waals surface area contributed by atoms with Crippen LogP contribution < -0.4 is 11.1 Å². The molecule has 1 amide bonds. The number of aliphatic hydroxyl groups excluding tert-OH is 1. The lowest BCUT2D eigenvalue weighted by Gasteiger charge is -2.20. The fraction of sp³-hybridized carbons (Fsp3) is 0.556. The van der Waals surface area contributed by atoms with E-state index in [9.17, 15) is 18.0 Å². The predicted octanol–water partition coefficient (Wildman–Crippen LogP) is 0.376. The highest BCUT2D eigenvalue weighted by Gasteiger charge is 2.25. The number of unbranched alkanes of at least 4 members (excludes halogenated alkanes) is 1. The molecule has 0 bridgehead atoms. The second kappa shape index (κ2) is 11.0. The molecule has 1 aromatic carbocycles. The van der Waals surface area contributed by atoms with Gasteiger partial charge in [-0.25, -0.2) is 13.2 Å². The van der Waals surface area contributed by atoms with Gasteiger partial charge in [0.15, 0.2) is 9.84 Å². The van der Waals surface area contributed by atoms with Crippen LogP contribution in [0, 0.1) is 5.92 Å². The van der Waals surface area contributed by atoms with Crippen LogP contribution in [0.3, 0.4) is 0 Å². The molecule has 1 aromatic rings. The Morgan fingerprint density at radius 3 is 2.33 bits per heavy atom. The molecule has 8 nitrogen and oxygen atoms in total. The van der Waals surface area contributed by atoms with Gasteiger partial charge in [0, 0.05) is 0 Å². The van der Waals surface area contributed by atoms with Crippen molar-refractivity contribution in [3.8, 4) is 0 Å². The van der Waals surface area contributed by atoms with Crippen molar-refractivity contribution in [2.24, 2.45) is 11.7 Å². The van der Waals surface area contributed by atoms with Gasteiger partial charge in [-0.2, -0.15) is 0 Å². The van der Waals surface area contributed by atoms with Crippen LogP contribution in [-0.2, 0) is 30.8 Å². The number of carbonyl (C=O) groups is 2. The van der Waals surface area contributed by atoms with E-state index in [1.165, 1.54) is 12.1 Å². The summed E-state index contributed by atoms with van der Waals surface area (Å²) in [6, 6.07) is 5.28. The maximum absolute atomic E-state index is 12.3. The van der Waals surface area contributed by atoms with E-state index >= 15 is 0 Å². The van der Waals surface area contributed by atoms with Gasteiger partial charge in [0.25, 0.3) is 0 Å². The fourth-order valence-electron chi connectivity index (χ4n) is 2.31. The average molecular weight is 400 g/mol. The number of sulfone groups is 1. The standard InChI is InChI=1S/C18H28N2O6S/c1-13(2)17(20-16(22)11-19)18(23)26-9-3-4-10-27(24,25)15-7-5-14(12-21)6-8-15/h5-8,13,17,21H,3-4,9-12,19H2,1-2H3,(H,20,22)/t17-/m0/s1. The quantitative estimate of drug-likeness (QED) is 0.361. The second-order valence-corrected chi connectivity index (χ2v) is 8.60. The number of hydrogen-bond acceptors (Lipinski definition) is 7. The zero-order valence-corrected chi connectivity index (χ0v) is 16.5. The first-order chi connectivity index (χ1) is 12.7. The average Bonchev–Trinajstić information content (AvgIpc) is 2.65. The highest BCUT2D eigenvalue weighted by Crippen LogP contribution is 2.14. The number of benzene rings is 1. The maximum atomic E-state index is 12.3. The van der Waals surface area contributed by atoms with Crippen LogP contribution in [0.1, 0.15) is 32.3 Å². The van der Waals surface area contributed by atoms with Crippen molar-refractivity contribution in [3.05, 3.63) is 29.8 Å². The van der Waals surface area contributed by atoms with E-state index in [-0.39, 0.29) is 36.3 Å². The molecule has 9 heteroatoms. The minimum Gasteiger partial charge on any atom is -0.464 e. The number of nitrogens with two attached hydrogens (primary N) is 1. The number of rotatable bonds is 11. The molecule has 0 fully saturated rings. The van der Waals surface area contributed by atoms with Gasteiger partial charge in [-0.1, -0.05) is 26.0 Å². The summed E-state index contributed by atoms with van der Waals surface area (Å²) in [5.41, 5.74) is 5.87. The van der Waals surface area contributed by atoms with Crippen LogP contribution in [0.2, 0.25) is 0 Å². The summed E-state index contributed by atoms with van der Waals surface area (Å²) < 4.78 is 29.6. The molecular formula is C18H28N2O6S. The second-order valence-electron chi connectivity index (χ2n) is 6.49. The third-order valence-corrected chi connectivity index (χ3v) is 5.76. The minimum atomic E-state index is -3.43. The number of aliphatic hydroxyl groups is 1. The SMILES string of the molecule is CC(C)[C@H](NC(=O)CN)C(=O)OCCCCS(=O)(=O)c1ccc(CO)cc1. The number of ether oxygens (including phenoxy) is 1. The third-order valence-electron chi connectivity index (χ3n) is 3.94. The Hall–Kier alpha value is -1.97. The summed E-state index contributed by atoms with van der Waals surface area (Å²) in [6.45, 7) is 3.26. The Kier molecular flexibility index (Phi) is 9.40. The van der Waals surface area contributed by atoms with Gasteiger partial charge < -0.3 is 20.9 Å². The summed E-state index contributed by atoms with van der Waals surface area (Å²) in [7, 11) is -3.43. The first kappa shape index (κ1) is 23.1. The largest absolute Gasteiger partial charge is 0.464 e. The van der Waals surface area contributed by atoms with E-state index in [0.29, 0.717) is 18.4 Å². The van der Waals surface area contributed by atoms with Gasteiger partial charge in [0.05, 0.1) is 30.4 Å². The lowest BCUT2D eigenvalue weighted by Crippen LogP contribution is -2.47. The maximum Gasteiger partial charge on any atom is 0.328 e. The molecule has 0 aliphatic carbocycles. The lowest BCUT2D eigenvalue weighted by molar-refractivity contribution is -0.149. The Morgan fingerprint density at radius 2 is 1.81 bits per heavy atom. The third kappa shape index (κ3) is 7.66. The molecule has 4 N–H and O–H groups in total. The fourth-order valence-corrected chi connectivity index (χ4v) is 3.68. The van der Waals surface area contributed by atoms with Crippen LogP contribution in [-0.4, -0.2) is 50.3 Å². The molecule has 0 aromatic heterocycles. The first-order valence-electron chi connectivity index (χ1n) is 8.80. The molecule has 0 heterocycles. The monoisotopic (exact) mass is 400 g/mol. The highest BCUT2D eigenvalue weighted by molar-refractivity contribution is 7.91. The Labute approximate surface area is 160 Å². The molecule has 27 heavy (non-hydrogen) atoms. The zero-order valence-electron chi connectivity index (χ0n) is 15.7. The van der Waals surface area contributed by atoms with Crippen LogP contribution in [0.25, 0.3) is 0 Å². The van der Waals surface area contributed by atoms with Crippen LogP contribution >= 0.6 is 0 Å². The molecule has 0 aliphatic heterocycles. The number of carbonyl (C=O) groups excluding carboxylic acids is 2. The summed E-state index contributed by atoms with van der Waals surface area (Å²) in [4.78, 5) is 23.6. The van der Waals surface area contributed by atoms with Crippen molar-refractivity contribution < 1.29 is 27.9 Å². The topological polar surface area (TPSA) is 136 Å². The van der Waals surface area contributed by atoms with E-state index in [1.54, 1.807) is 26.0 Å². The summed E-state index contributed by atoms with van der Waals surface area (Å²) in [6.07, 6.45) is 0.716. The van der Waals surface area contributed by atoms with Crippen LogP contribution in [0.4, 0.5) is 0 Å². The molecule has 0 radical (unpaired) electrons. The predicted molar refractivity (Wildman–Crippen MR) is 100 cm³/mol. The molecule has 152 valence electrons. The van der Waals surface area contributed by atoms with Crippen molar-refractivity contribution in [1.29, 1.82) is 0 Å². The van der Waals surface area contributed by atoms with Gasteiger partial charge in [-0.15, -0.1) is 0 Å². The number of esters is 1. The van der Waals surface area contributed by atoms with E-state index in [0.717, 1.165) is 0 Å². The van der Waals surface area contributed by atoms with E-state index in [2.05, 4.69) is 5.32 Å². The van der Waals surface area contributed by atoms with Gasteiger partial charge in [0.2, 0.25) is 5.91 Å². The summed E-state index contributed by atoms with van der Waals surface area (Å²) in [5.74, 6) is -1.23. The molecular weight excluding hydrogens is 372 g/mol. The molecule has 0 aliphatic rings. The van der Waals surface area contributed by atoms with Crippen molar-refractivity contribution in [1.82, 2.24) is 5.32 Å². The highest BCUT2D eigenvalue weighted by atomic mass is 32.2. The van der Waals surface area contributed by atoms with Crippen LogP contribution in [0.15, 0.2) is 29.2 Å². The molecule has 0 saturated heterocycles. The van der Waals surface area contributed by atoms with Crippen molar-refractivity contribution in [2.75, 3.05) is 18.9 Å². The molecule has 1 rings (SSSR count). The van der Waals surface area contributed by atoms with Crippen LogP contribution in [0.5, 0.6) is 0 Å². The van der Waals surface area contributed by atoms with E-state index < -0.39 is 27.8 Å². The summed E-state index contributed by atoms with van der Waals surface area (Å²) >= 11 is 0. The van der Waals surface area contributed by atoms with Gasteiger partial charge >= 0.3 is 5.97 Å². The van der Waals surface area contributed by atoms with Gasteiger partial charge in [-0.3, -0.25) is 4.79 Å². The van der Waals surface area contributed by atoms with E-state index in [4.69, 9.17) is 15.6 Å². The van der Waals surface area contributed by atoms with Gasteiger partial charge in [0.1, 0.15) is 6.04 Å². The smallest absolute Gasteiger partial charge is 0.328 e. The molecule has 1 atom stereocenters. The van der Waals surface area contributed by atoms with Crippen molar-refractivity contribution in [2.45, 2.75) is 44.2 Å². The molecule has 0 unspecified atom stereocenters. The lowest BCUT2D eigenvalue weighted by atomic mass is 10.0. The zero-order chi connectivity index (χ0) is 20.4. The van der Waals surface area contributed by atoms with Crippen molar-refractivity contribution >= 4 is 21.7 Å². The normalized spacial score (nSPS) is 12.6. The first-order valence-corrected chi connectivity index (χ1v) is 10.4. The number of hydrogen-bond donors (Lipinski definition) is 3.